The minimum absolute atomic E-state index is 0.782. The molecule has 0 fully saturated rings. The summed E-state index contributed by atoms with van der Waals surface area (Å²) in [5, 5.41) is 12.7. The number of benzene rings is 2. The summed E-state index contributed by atoms with van der Waals surface area (Å²) in [4.78, 5) is 4.73. The normalized spacial score (nSPS) is 10.9. The molecular weight excluding hydrogens is 348 g/mol. The second-order valence-electron chi connectivity index (χ2n) is 5.53. The van der Waals surface area contributed by atoms with Gasteiger partial charge in [-0.2, -0.15) is 0 Å². The van der Waals surface area contributed by atoms with E-state index in [1.807, 2.05) is 60.1 Å². The summed E-state index contributed by atoms with van der Waals surface area (Å²) >= 11 is 3.33. The summed E-state index contributed by atoms with van der Waals surface area (Å²) in [5.74, 6) is 1.66. The van der Waals surface area contributed by atoms with Crippen LogP contribution < -0.4 is 0 Å². The first-order chi connectivity index (χ1) is 12.3. The highest BCUT2D eigenvalue weighted by Gasteiger charge is 2.12. The molecule has 25 heavy (non-hydrogen) atoms. The first-order valence-corrected chi connectivity index (χ1v) is 9.75. The Balaban J connectivity index is 1.48. The maximum absolute atomic E-state index is 4.73. The molecule has 4 nitrogen and oxygen atoms in total. The maximum atomic E-state index is 4.73. The van der Waals surface area contributed by atoms with Crippen molar-refractivity contribution in [2.75, 3.05) is 0 Å². The van der Waals surface area contributed by atoms with E-state index in [2.05, 4.69) is 27.7 Å². The number of thiazole rings is 1. The lowest BCUT2D eigenvalue weighted by molar-refractivity contribution is 0.793. The highest BCUT2D eigenvalue weighted by atomic mass is 32.2. The molecule has 0 atom stereocenters. The first-order valence-electron chi connectivity index (χ1n) is 7.89. The zero-order valence-corrected chi connectivity index (χ0v) is 15.3. The van der Waals surface area contributed by atoms with Gasteiger partial charge < -0.3 is 4.57 Å². The second kappa shape index (κ2) is 7.21. The fourth-order valence-electron chi connectivity index (χ4n) is 2.50. The average molecular weight is 364 g/mol. The third kappa shape index (κ3) is 3.50. The SMILES string of the molecule is Cn1c(SCc2csc(-c3ccccc3)n2)nnc1-c1ccccc1. The Labute approximate surface area is 154 Å². The summed E-state index contributed by atoms with van der Waals surface area (Å²) < 4.78 is 2.03. The number of thioether (sulfide) groups is 1. The highest BCUT2D eigenvalue weighted by Crippen LogP contribution is 2.28. The van der Waals surface area contributed by atoms with Gasteiger partial charge in [-0.25, -0.2) is 4.98 Å². The molecule has 0 N–H and O–H groups in total. The van der Waals surface area contributed by atoms with Crippen LogP contribution in [-0.4, -0.2) is 19.7 Å². The van der Waals surface area contributed by atoms with Gasteiger partial charge in [0.15, 0.2) is 11.0 Å². The third-order valence-electron chi connectivity index (χ3n) is 3.79. The Kier molecular flexibility index (Phi) is 4.63. The summed E-state index contributed by atoms with van der Waals surface area (Å²) in [6.45, 7) is 0. The van der Waals surface area contributed by atoms with E-state index >= 15 is 0 Å². The molecule has 0 aliphatic heterocycles. The molecule has 0 unspecified atom stereocenters. The van der Waals surface area contributed by atoms with Crippen LogP contribution in [0.15, 0.2) is 71.2 Å². The molecule has 2 aromatic heterocycles. The molecule has 0 saturated heterocycles. The van der Waals surface area contributed by atoms with Crippen molar-refractivity contribution in [3.8, 4) is 22.0 Å². The monoisotopic (exact) mass is 364 g/mol. The van der Waals surface area contributed by atoms with Gasteiger partial charge in [0, 0.05) is 29.3 Å². The Morgan fingerprint density at radius 1 is 0.920 bits per heavy atom. The quantitative estimate of drug-likeness (QED) is 0.473. The molecule has 0 aliphatic rings. The molecule has 0 spiro atoms. The van der Waals surface area contributed by atoms with E-state index in [4.69, 9.17) is 4.98 Å². The van der Waals surface area contributed by atoms with Gasteiger partial charge in [0.25, 0.3) is 0 Å². The predicted octanol–water partition coefficient (Wildman–Crippen LogP) is 4.90. The highest BCUT2D eigenvalue weighted by molar-refractivity contribution is 7.98. The largest absolute Gasteiger partial charge is 0.305 e. The molecule has 0 saturated carbocycles. The lowest BCUT2D eigenvalue weighted by Crippen LogP contribution is -1.95. The van der Waals surface area contributed by atoms with Crippen molar-refractivity contribution in [1.82, 2.24) is 19.7 Å². The van der Waals surface area contributed by atoms with E-state index in [-0.39, 0.29) is 0 Å². The van der Waals surface area contributed by atoms with E-state index in [9.17, 15) is 0 Å². The molecule has 0 aliphatic carbocycles. The van der Waals surface area contributed by atoms with E-state index < -0.39 is 0 Å². The van der Waals surface area contributed by atoms with Gasteiger partial charge in [0.05, 0.1) is 5.69 Å². The van der Waals surface area contributed by atoms with Crippen LogP contribution >= 0.6 is 23.1 Å². The van der Waals surface area contributed by atoms with Crippen LogP contribution in [0.2, 0.25) is 0 Å². The minimum Gasteiger partial charge on any atom is -0.305 e. The van der Waals surface area contributed by atoms with Crippen LogP contribution in [0.3, 0.4) is 0 Å². The Morgan fingerprint density at radius 3 is 2.32 bits per heavy atom. The zero-order chi connectivity index (χ0) is 17.1. The van der Waals surface area contributed by atoms with Crippen LogP contribution in [-0.2, 0) is 12.8 Å². The van der Waals surface area contributed by atoms with Crippen LogP contribution in [0.1, 0.15) is 5.69 Å². The number of rotatable bonds is 5. The molecular formula is C19H16N4S2. The molecule has 2 aromatic carbocycles. The smallest absolute Gasteiger partial charge is 0.191 e. The van der Waals surface area contributed by atoms with Gasteiger partial charge in [-0.1, -0.05) is 72.4 Å². The summed E-state index contributed by atoms with van der Waals surface area (Å²) in [6.07, 6.45) is 0. The fraction of sp³-hybridized carbons (Fsp3) is 0.105. The van der Waals surface area contributed by atoms with Crippen LogP contribution in [0, 0.1) is 0 Å². The summed E-state index contributed by atoms with van der Waals surface area (Å²) in [5.41, 5.74) is 3.30. The molecule has 124 valence electrons. The van der Waals surface area contributed by atoms with E-state index in [0.717, 1.165) is 38.6 Å². The van der Waals surface area contributed by atoms with E-state index in [1.165, 1.54) is 0 Å². The Morgan fingerprint density at radius 2 is 1.60 bits per heavy atom. The van der Waals surface area contributed by atoms with Gasteiger partial charge in [-0.3, -0.25) is 0 Å². The van der Waals surface area contributed by atoms with Crippen molar-refractivity contribution < 1.29 is 0 Å². The first kappa shape index (κ1) is 16.1. The van der Waals surface area contributed by atoms with Crippen molar-refractivity contribution in [2.24, 2.45) is 7.05 Å². The molecule has 4 aromatic rings. The van der Waals surface area contributed by atoms with Crippen molar-refractivity contribution in [3.05, 3.63) is 71.7 Å². The van der Waals surface area contributed by atoms with E-state index in [1.54, 1.807) is 23.1 Å². The predicted molar refractivity (Wildman–Crippen MR) is 104 cm³/mol. The Hall–Kier alpha value is -2.44. The van der Waals surface area contributed by atoms with Crippen LogP contribution in [0.4, 0.5) is 0 Å². The van der Waals surface area contributed by atoms with Gasteiger partial charge in [-0.15, -0.1) is 21.5 Å². The molecule has 0 radical (unpaired) electrons. The lowest BCUT2D eigenvalue weighted by Gasteiger charge is -2.03. The Bertz CT molecular complexity index is 962. The van der Waals surface area contributed by atoms with Crippen molar-refractivity contribution in [1.29, 1.82) is 0 Å². The van der Waals surface area contributed by atoms with Gasteiger partial charge in [-0.05, 0) is 0 Å². The average Bonchev–Trinajstić information content (AvgIpc) is 3.28. The zero-order valence-electron chi connectivity index (χ0n) is 13.7. The molecule has 6 heteroatoms. The summed E-state index contributed by atoms with van der Waals surface area (Å²) in [7, 11) is 2.00. The second-order valence-corrected chi connectivity index (χ2v) is 7.33. The molecule has 2 heterocycles. The maximum Gasteiger partial charge on any atom is 0.191 e. The number of nitrogens with zero attached hydrogens (tertiary/aromatic N) is 4. The molecule has 0 amide bonds. The number of aromatic nitrogens is 4. The summed E-state index contributed by atoms with van der Waals surface area (Å²) in [6, 6.07) is 20.4. The molecule has 0 bridgehead atoms. The van der Waals surface area contributed by atoms with Gasteiger partial charge in [0.1, 0.15) is 5.01 Å². The number of hydrogen-bond acceptors (Lipinski definition) is 5. The standard InChI is InChI=1S/C19H16N4S2/c1-23-17(14-8-4-2-5-9-14)21-22-19(23)25-13-16-12-24-18(20-16)15-10-6-3-7-11-15/h2-12H,13H2,1H3. The van der Waals surface area contributed by atoms with Crippen molar-refractivity contribution in [3.63, 3.8) is 0 Å². The van der Waals surface area contributed by atoms with E-state index in [0.29, 0.717) is 0 Å². The van der Waals surface area contributed by atoms with Gasteiger partial charge in [0.2, 0.25) is 0 Å². The lowest BCUT2D eigenvalue weighted by atomic mass is 10.2. The third-order valence-corrected chi connectivity index (χ3v) is 5.78. The number of hydrogen-bond donors (Lipinski definition) is 0. The van der Waals surface area contributed by atoms with Gasteiger partial charge >= 0.3 is 0 Å². The molecule has 4 rings (SSSR count). The van der Waals surface area contributed by atoms with Crippen LogP contribution in [0.5, 0.6) is 0 Å². The minimum atomic E-state index is 0.782. The van der Waals surface area contributed by atoms with Crippen molar-refractivity contribution >= 4 is 23.1 Å². The fourth-order valence-corrected chi connectivity index (χ4v) is 4.24. The van der Waals surface area contributed by atoms with Crippen LogP contribution in [0.25, 0.3) is 22.0 Å². The topological polar surface area (TPSA) is 43.6 Å². The van der Waals surface area contributed by atoms with Crippen molar-refractivity contribution in [2.45, 2.75) is 10.9 Å².